The molecule has 0 fully saturated rings. The molecule has 0 aromatic carbocycles. The molecule has 0 saturated heterocycles. The molecule has 1 aromatic rings. The average Bonchev–Trinajstić information content (AvgIpc) is 2.73. The normalized spacial score (nSPS) is 11.6. The van der Waals surface area contributed by atoms with Crippen LogP contribution in [0.2, 0.25) is 0 Å². The van der Waals surface area contributed by atoms with Crippen LogP contribution in [0.25, 0.3) is 0 Å². The molecule has 0 spiro atoms. The van der Waals surface area contributed by atoms with Gasteiger partial charge in [0.2, 0.25) is 0 Å². The highest BCUT2D eigenvalue weighted by Gasteiger charge is 2.19. The third-order valence-corrected chi connectivity index (χ3v) is 1.80. The highest BCUT2D eigenvalue weighted by Crippen LogP contribution is 2.15. The fraction of sp³-hybridized carbons (Fsp3) is 0.444. The number of aliphatic hydroxyl groups excluding tert-OH is 1. The van der Waals surface area contributed by atoms with Crippen molar-refractivity contribution in [2.45, 2.75) is 13.2 Å². The van der Waals surface area contributed by atoms with E-state index in [0.717, 1.165) is 0 Å². The summed E-state index contributed by atoms with van der Waals surface area (Å²) in [6.07, 6.45) is 2.26. The lowest BCUT2D eigenvalue weighted by Crippen LogP contribution is -2.11. The number of imidazole rings is 1. The number of nitro groups is 1. The first kappa shape index (κ1) is 12.2. The van der Waals surface area contributed by atoms with Gasteiger partial charge < -0.3 is 20.0 Å². The van der Waals surface area contributed by atoms with Crippen molar-refractivity contribution in [1.82, 2.24) is 9.55 Å². The lowest BCUT2D eigenvalue weighted by atomic mass is 10.6. The Morgan fingerprint density at radius 1 is 1.75 bits per heavy atom. The summed E-state index contributed by atoms with van der Waals surface area (Å²) in [7, 11) is 0. The van der Waals surface area contributed by atoms with Gasteiger partial charge in [0.15, 0.2) is 6.23 Å². The third kappa shape index (κ3) is 3.05. The molecule has 1 N–H and O–H groups in total. The fourth-order valence-electron chi connectivity index (χ4n) is 1.08. The van der Waals surface area contributed by atoms with E-state index in [1.807, 2.05) is 0 Å². The van der Waals surface area contributed by atoms with Crippen molar-refractivity contribution in [2.24, 2.45) is 0 Å². The number of hydrogen-bond acceptors (Lipinski definition) is 5. The van der Waals surface area contributed by atoms with Crippen molar-refractivity contribution in [3.05, 3.63) is 22.5 Å². The van der Waals surface area contributed by atoms with Gasteiger partial charge >= 0.3 is 5.95 Å². The van der Waals surface area contributed by atoms with Gasteiger partial charge in [-0.25, -0.2) is 4.57 Å². The Labute approximate surface area is 91.8 Å². The lowest BCUT2D eigenvalue weighted by molar-refractivity contribution is -0.398. The molecule has 1 unspecified atom stereocenters. The van der Waals surface area contributed by atoms with Gasteiger partial charge in [0.25, 0.3) is 0 Å². The minimum atomic E-state index is -0.584. The summed E-state index contributed by atoms with van der Waals surface area (Å²) >= 11 is 0. The Kier molecular flexibility index (Phi) is 4.44. The van der Waals surface area contributed by atoms with Gasteiger partial charge in [-0.3, -0.25) is 0 Å². The van der Waals surface area contributed by atoms with Crippen LogP contribution < -0.4 is 0 Å². The lowest BCUT2D eigenvalue weighted by Gasteiger charge is -2.09. The van der Waals surface area contributed by atoms with E-state index in [9.17, 15) is 10.1 Å². The standard InChI is InChI=1S/C9H11N3O4/c1-8(16-7-3-2-6-13)11-5-4-10-9(11)12(14)15/h4-5,8,13H,6-7H2,1H3. The first-order valence-electron chi connectivity index (χ1n) is 4.52. The molecular weight excluding hydrogens is 214 g/mol. The van der Waals surface area contributed by atoms with Gasteiger partial charge in [-0.1, -0.05) is 16.8 Å². The average molecular weight is 225 g/mol. The zero-order valence-corrected chi connectivity index (χ0v) is 8.66. The van der Waals surface area contributed by atoms with Crippen LogP contribution in [-0.4, -0.2) is 32.8 Å². The zero-order chi connectivity index (χ0) is 12.0. The van der Waals surface area contributed by atoms with Gasteiger partial charge in [0.1, 0.15) is 25.6 Å². The fourth-order valence-corrected chi connectivity index (χ4v) is 1.08. The van der Waals surface area contributed by atoms with Crippen LogP contribution in [0.3, 0.4) is 0 Å². The second-order valence-corrected chi connectivity index (χ2v) is 2.81. The molecule has 1 heterocycles. The number of nitrogens with zero attached hydrogens (tertiary/aromatic N) is 3. The highest BCUT2D eigenvalue weighted by atomic mass is 16.6. The third-order valence-electron chi connectivity index (χ3n) is 1.80. The largest absolute Gasteiger partial charge is 0.436 e. The molecule has 0 bridgehead atoms. The van der Waals surface area contributed by atoms with Gasteiger partial charge in [-0.05, 0) is 11.8 Å². The minimum Gasteiger partial charge on any atom is -0.390 e. The molecule has 1 atom stereocenters. The van der Waals surface area contributed by atoms with Crippen molar-refractivity contribution < 1.29 is 14.8 Å². The summed E-state index contributed by atoms with van der Waals surface area (Å²) in [4.78, 5) is 13.6. The summed E-state index contributed by atoms with van der Waals surface area (Å²) in [5.74, 6) is 4.68. The quantitative estimate of drug-likeness (QED) is 0.452. The van der Waals surface area contributed by atoms with E-state index < -0.39 is 11.2 Å². The first-order valence-corrected chi connectivity index (χ1v) is 4.52. The predicted molar refractivity (Wildman–Crippen MR) is 54.4 cm³/mol. The van der Waals surface area contributed by atoms with Gasteiger partial charge in [0.05, 0.1) is 0 Å². The Morgan fingerprint density at radius 3 is 3.12 bits per heavy atom. The van der Waals surface area contributed by atoms with E-state index in [1.54, 1.807) is 6.92 Å². The van der Waals surface area contributed by atoms with Crippen LogP contribution >= 0.6 is 0 Å². The molecule has 0 aliphatic rings. The van der Waals surface area contributed by atoms with E-state index in [1.165, 1.54) is 17.0 Å². The summed E-state index contributed by atoms with van der Waals surface area (Å²) in [5, 5.41) is 19.0. The molecule has 0 aliphatic heterocycles. The van der Waals surface area contributed by atoms with Crippen molar-refractivity contribution >= 4 is 5.95 Å². The van der Waals surface area contributed by atoms with Crippen LogP contribution in [0.5, 0.6) is 0 Å². The number of rotatable bonds is 4. The van der Waals surface area contributed by atoms with E-state index in [-0.39, 0.29) is 19.2 Å². The maximum atomic E-state index is 10.6. The molecule has 16 heavy (non-hydrogen) atoms. The molecule has 0 aliphatic carbocycles. The van der Waals surface area contributed by atoms with Crippen molar-refractivity contribution in [2.75, 3.05) is 13.2 Å². The van der Waals surface area contributed by atoms with E-state index in [2.05, 4.69) is 16.8 Å². The summed E-state index contributed by atoms with van der Waals surface area (Å²) in [5.41, 5.74) is 0. The molecule has 7 heteroatoms. The second kappa shape index (κ2) is 5.85. The predicted octanol–water partition coefficient (Wildman–Crippen LogP) is 0.322. The molecule has 0 amide bonds. The number of aromatic nitrogens is 2. The monoisotopic (exact) mass is 225 g/mol. The van der Waals surface area contributed by atoms with Crippen LogP contribution in [0.4, 0.5) is 5.95 Å². The Hall–Kier alpha value is -1.91. The highest BCUT2D eigenvalue weighted by molar-refractivity contribution is 5.07. The first-order chi connectivity index (χ1) is 7.66. The van der Waals surface area contributed by atoms with Crippen molar-refractivity contribution in [3.8, 4) is 11.8 Å². The molecule has 0 radical (unpaired) electrons. The van der Waals surface area contributed by atoms with Crippen LogP contribution in [0, 0.1) is 22.0 Å². The van der Waals surface area contributed by atoms with E-state index in [0.29, 0.717) is 0 Å². The smallest absolute Gasteiger partial charge is 0.390 e. The van der Waals surface area contributed by atoms with E-state index in [4.69, 9.17) is 9.84 Å². The Bertz CT molecular complexity index is 418. The molecule has 1 rings (SSSR count). The van der Waals surface area contributed by atoms with Gasteiger partial charge in [-0.15, -0.1) is 0 Å². The Morgan fingerprint density at radius 2 is 2.50 bits per heavy atom. The van der Waals surface area contributed by atoms with Crippen LogP contribution in [-0.2, 0) is 4.74 Å². The minimum absolute atomic E-state index is 0.0943. The van der Waals surface area contributed by atoms with Crippen LogP contribution in [0.1, 0.15) is 13.2 Å². The Balaban J connectivity index is 2.62. The van der Waals surface area contributed by atoms with E-state index >= 15 is 0 Å². The topological polar surface area (TPSA) is 90.4 Å². The number of ether oxygens (including phenoxy) is 1. The van der Waals surface area contributed by atoms with Crippen molar-refractivity contribution in [3.63, 3.8) is 0 Å². The van der Waals surface area contributed by atoms with Crippen LogP contribution in [0.15, 0.2) is 12.4 Å². The number of aliphatic hydroxyl groups is 1. The van der Waals surface area contributed by atoms with Gasteiger partial charge in [0, 0.05) is 0 Å². The van der Waals surface area contributed by atoms with Gasteiger partial charge in [-0.2, -0.15) is 0 Å². The second-order valence-electron chi connectivity index (χ2n) is 2.81. The molecule has 86 valence electrons. The summed E-state index contributed by atoms with van der Waals surface area (Å²) in [6.45, 7) is 1.51. The molecule has 7 nitrogen and oxygen atoms in total. The summed E-state index contributed by atoms with van der Waals surface area (Å²) in [6, 6.07) is 0. The molecular formula is C9H11N3O4. The SMILES string of the molecule is CC(OCC#CCO)n1ccnc1[N+](=O)[O-]. The maximum absolute atomic E-state index is 10.6. The molecule has 0 saturated carbocycles. The molecule has 1 aromatic heterocycles. The zero-order valence-electron chi connectivity index (χ0n) is 8.66. The maximum Gasteiger partial charge on any atom is 0.436 e. The van der Waals surface area contributed by atoms with Crippen molar-refractivity contribution in [1.29, 1.82) is 0 Å². The number of hydrogen-bond donors (Lipinski definition) is 1. The summed E-state index contributed by atoms with van der Waals surface area (Å²) < 4.78 is 6.51.